The molecule has 0 bridgehead atoms. The highest BCUT2D eigenvalue weighted by Crippen LogP contribution is 2.39. The van der Waals surface area contributed by atoms with Crippen molar-refractivity contribution < 1.29 is 4.74 Å². The summed E-state index contributed by atoms with van der Waals surface area (Å²) in [6, 6.07) is 0. The van der Waals surface area contributed by atoms with Crippen LogP contribution in [0.2, 0.25) is 0 Å². The molecule has 0 aromatic carbocycles. The van der Waals surface area contributed by atoms with Crippen molar-refractivity contribution in [2.45, 2.75) is 33.1 Å². The van der Waals surface area contributed by atoms with Crippen molar-refractivity contribution in [2.75, 3.05) is 13.7 Å². The summed E-state index contributed by atoms with van der Waals surface area (Å²) < 4.78 is 5.10. The zero-order valence-corrected chi connectivity index (χ0v) is 8.47. The monoisotopic (exact) mass is 168 g/mol. The first kappa shape index (κ1) is 9.79. The van der Waals surface area contributed by atoms with Crippen molar-refractivity contribution in [2.24, 2.45) is 11.8 Å². The van der Waals surface area contributed by atoms with Gasteiger partial charge < -0.3 is 4.74 Å². The number of hydrogen-bond donors (Lipinski definition) is 0. The van der Waals surface area contributed by atoms with E-state index in [4.69, 9.17) is 4.74 Å². The Hall–Kier alpha value is -0.300. The van der Waals surface area contributed by atoms with Gasteiger partial charge in [0.05, 0.1) is 0 Å². The minimum absolute atomic E-state index is 0.787. The Morgan fingerprint density at radius 2 is 2.17 bits per heavy atom. The zero-order valence-electron chi connectivity index (χ0n) is 8.47. The molecule has 1 aliphatic carbocycles. The van der Waals surface area contributed by atoms with Crippen molar-refractivity contribution in [3.8, 4) is 0 Å². The molecule has 70 valence electrons. The minimum Gasteiger partial charge on any atom is -0.385 e. The molecule has 0 aromatic heterocycles. The average Bonchev–Trinajstić information content (AvgIpc) is 2.79. The van der Waals surface area contributed by atoms with Gasteiger partial charge in [-0.15, -0.1) is 0 Å². The van der Waals surface area contributed by atoms with Gasteiger partial charge in [0.15, 0.2) is 0 Å². The summed E-state index contributed by atoms with van der Waals surface area (Å²) in [7, 11) is 1.78. The van der Waals surface area contributed by atoms with E-state index in [1.165, 1.54) is 24.8 Å². The van der Waals surface area contributed by atoms with Gasteiger partial charge in [0.1, 0.15) is 0 Å². The van der Waals surface area contributed by atoms with Crippen molar-refractivity contribution in [3.05, 3.63) is 11.6 Å². The Kier molecular flexibility index (Phi) is 3.80. The lowest BCUT2D eigenvalue weighted by atomic mass is 9.98. The molecule has 0 aliphatic heterocycles. The number of rotatable bonds is 5. The molecule has 1 atom stereocenters. The highest BCUT2D eigenvalue weighted by atomic mass is 16.5. The van der Waals surface area contributed by atoms with Crippen LogP contribution in [0, 0.1) is 11.8 Å². The van der Waals surface area contributed by atoms with E-state index in [1.54, 1.807) is 7.11 Å². The lowest BCUT2D eigenvalue weighted by Gasteiger charge is -2.11. The van der Waals surface area contributed by atoms with Crippen molar-refractivity contribution >= 4 is 0 Å². The van der Waals surface area contributed by atoms with E-state index in [-0.39, 0.29) is 0 Å². The van der Waals surface area contributed by atoms with E-state index in [0.29, 0.717) is 0 Å². The molecule has 1 heteroatoms. The molecule has 0 saturated heterocycles. The maximum absolute atomic E-state index is 5.10. The van der Waals surface area contributed by atoms with E-state index in [9.17, 15) is 0 Å². The first-order valence-electron chi connectivity index (χ1n) is 4.88. The second kappa shape index (κ2) is 4.66. The normalized spacial score (nSPS) is 18.9. The Labute approximate surface area is 75.8 Å². The highest BCUT2D eigenvalue weighted by Gasteiger charge is 2.28. The number of ether oxygens (including phenoxy) is 1. The molecular formula is C11H20O. The van der Waals surface area contributed by atoms with E-state index in [2.05, 4.69) is 19.9 Å². The quantitative estimate of drug-likeness (QED) is 0.573. The van der Waals surface area contributed by atoms with Crippen LogP contribution in [-0.2, 0) is 4.74 Å². The van der Waals surface area contributed by atoms with Gasteiger partial charge in [-0.2, -0.15) is 0 Å². The van der Waals surface area contributed by atoms with Crippen LogP contribution in [0.5, 0.6) is 0 Å². The van der Waals surface area contributed by atoms with Gasteiger partial charge in [-0.3, -0.25) is 0 Å². The summed E-state index contributed by atoms with van der Waals surface area (Å²) in [6.07, 6.45) is 6.47. The largest absolute Gasteiger partial charge is 0.385 e. The molecule has 0 N–H and O–H groups in total. The number of methoxy groups -OCH3 is 1. The molecule has 1 unspecified atom stereocenters. The summed E-state index contributed by atoms with van der Waals surface area (Å²) >= 11 is 0. The Morgan fingerprint density at radius 3 is 2.58 bits per heavy atom. The number of allylic oxidation sites excluding steroid dienone is 2. The van der Waals surface area contributed by atoms with Gasteiger partial charge in [0.25, 0.3) is 0 Å². The molecular weight excluding hydrogens is 148 g/mol. The van der Waals surface area contributed by atoms with E-state index < -0.39 is 0 Å². The van der Waals surface area contributed by atoms with Crippen LogP contribution < -0.4 is 0 Å². The minimum atomic E-state index is 0.787. The molecule has 0 amide bonds. The fraction of sp³-hybridized carbons (Fsp3) is 0.818. The second-order valence-electron chi connectivity index (χ2n) is 4.03. The molecule has 1 rings (SSSR count). The fourth-order valence-electron chi connectivity index (χ4n) is 1.66. The average molecular weight is 168 g/mol. The van der Waals surface area contributed by atoms with Gasteiger partial charge in [-0.05, 0) is 44.9 Å². The molecule has 1 fully saturated rings. The molecule has 12 heavy (non-hydrogen) atoms. The predicted octanol–water partition coefficient (Wildman–Crippen LogP) is 3.02. The maximum atomic E-state index is 5.10. The van der Waals surface area contributed by atoms with Gasteiger partial charge in [0, 0.05) is 13.7 Å². The van der Waals surface area contributed by atoms with Crippen molar-refractivity contribution in [1.82, 2.24) is 0 Å². The SMILES string of the molecule is COCCC(C=C(C)C)C1CC1. The Morgan fingerprint density at radius 1 is 1.50 bits per heavy atom. The lowest BCUT2D eigenvalue weighted by molar-refractivity contribution is 0.180. The maximum Gasteiger partial charge on any atom is 0.0467 e. The van der Waals surface area contributed by atoms with E-state index >= 15 is 0 Å². The van der Waals surface area contributed by atoms with Crippen LogP contribution in [0.15, 0.2) is 11.6 Å². The smallest absolute Gasteiger partial charge is 0.0467 e. The standard InChI is InChI=1S/C11H20O/c1-9(2)8-11(6-7-12-3)10-4-5-10/h8,10-11H,4-7H2,1-3H3. The summed E-state index contributed by atoms with van der Waals surface area (Å²) in [6.45, 7) is 5.27. The Bertz CT molecular complexity index is 152. The van der Waals surface area contributed by atoms with Crippen molar-refractivity contribution in [1.29, 1.82) is 0 Å². The van der Waals surface area contributed by atoms with Crippen LogP contribution in [0.25, 0.3) is 0 Å². The lowest BCUT2D eigenvalue weighted by Crippen LogP contribution is -2.04. The third-order valence-electron chi connectivity index (χ3n) is 2.43. The van der Waals surface area contributed by atoms with E-state index in [0.717, 1.165) is 18.4 Å². The fourth-order valence-corrected chi connectivity index (χ4v) is 1.66. The molecule has 1 aliphatic rings. The van der Waals surface area contributed by atoms with Crippen LogP contribution in [0.3, 0.4) is 0 Å². The summed E-state index contributed by atoms with van der Waals surface area (Å²) in [4.78, 5) is 0. The summed E-state index contributed by atoms with van der Waals surface area (Å²) in [5, 5.41) is 0. The topological polar surface area (TPSA) is 9.23 Å². The van der Waals surface area contributed by atoms with Crippen molar-refractivity contribution in [3.63, 3.8) is 0 Å². The van der Waals surface area contributed by atoms with Gasteiger partial charge in [-0.25, -0.2) is 0 Å². The molecule has 0 aromatic rings. The second-order valence-corrected chi connectivity index (χ2v) is 4.03. The van der Waals surface area contributed by atoms with Crippen LogP contribution in [-0.4, -0.2) is 13.7 Å². The Balaban J connectivity index is 2.32. The summed E-state index contributed by atoms with van der Waals surface area (Å²) in [5.41, 5.74) is 1.45. The molecule has 1 nitrogen and oxygen atoms in total. The van der Waals surface area contributed by atoms with Gasteiger partial charge >= 0.3 is 0 Å². The molecule has 0 radical (unpaired) electrons. The summed E-state index contributed by atoms with van der Waals surface area (Å²) in [5.74, 6) is 1.75. The molecule has 1 saturated carbocycles. The van der Waals surface area contributed by atoms with E-state index in [1.807, 2.05) is 0 Å². The third kappa shape index (κ3) is 3.40. The number of hydrogen-bond acceptors (Lipinski definition) is 1. The van der Waals surface area contributed by atoms with Gasteiger partial charge in [-0.1, -0.05) is 11.6 Å². The van der Waals surface area contributed by atoms with Crippen LogP contribution in [0.4, 0.5) is 0 Å². The highest BCUT2D eigenvalue weighted by molar-refractivity contribution is 5.02. The van der Waals surface area contributed by atoms with Gasteiger partial charge in [0.2, 0.25) is 0 Å². The predicted molar refractivity (Wildman–Crippen MR) is 52.1 cm³/mol. The third-order valence-corrected chi connectivity index (χ3v) is 2.43. The first-order valence-corrected chi connectivity index (χ1v) is 4.88. The van der Waals surface area contributed by atoms with Crippen LogP contribution in [0.1, 0.15) is 33.1 Å². The molecule has 0 spiro atoms. The first-order chi connectivity index (χ1) is 5.74. The molecule has 0 heterocycles. The zero-order chi connectivity index (χ0) is 8.97. The van der Waals surface area contributed by atoms with Crippen LogP contribution >= 0.6 is 0 Å².